The van der Waals surface area contributed by atoms with Gasteiger partial charge in [-0.25, -0.2) is 0 Å². The second-order valence-corrected chi connectivity index (χ2v) is 6.72. The van der Waals surface area contributed by atoms with Crippen molar-refractivity contribution in [2.75, 3.05) is 44.7 Å². The molecule has 5 nitrogen and oxygen atoms in total. The number of nitrogens with one attached hydrogen (secondary N) is 1. The number of amides is 1. The van der Waals surface area contributed by atoms with E-state index in [1.54, 1.807) is 7.11 Å². The molecule has 1 amide bonds. The highest BCUT2D eigenvalue weighted by Crippen LogP contribution is 2.28. The highest BCUT2D eigenvalue weighted by Gasteiger charge is 2.23. The van der Waals surface area contributed by atoms with Crippen molar-refractivity contribution in [1.82, 2.24) is 10.2 Å². The third-order valence-electron chi connectivity index (χ3n) is 4.53. The summed E-state index contributed by atoms with van der Waals surface area (Å²) in [5.74, 6) is 1.02. The van der Waals surface area contributed by atoms with Gasteiger partial charge >= 0.3 is 0 Å². The Morgan fingerprint density at radius 2 is 1.87 bits per heavy atom. The summed E-state index contributed by atoms with van der Waals surface area (Å²) < 4.78 is 5.44. The summed E-state index contributed by atoms with van der Waals surface area (Å²) in [5.41, 5.74) is 1.00. The zero-order chi connectivity index (χ0) is 16.9. The van der Waals surface area contributed by atoms with Crippen LogP contribution in [0.1, 0.15) is 27.2 Å². The minimum absolute atomic E-state index is 0.114. The summed E-state index contributed by atoms with van der Waals surface area (Å²) in [7, 11) is 1.70. The van der Waals surface area contributed by atoms with Gasteiger partial charge in [-0.05, 0) is 32.4 Å². The first-order valence-electron chi connectivity index (χ1n) is 8.36. The van der Waals surface area contributed by atoms with Gasteiger partial charge in [0.25, 0.3) is 0 Å². The molecule has 23 heavy (non-hydrogen) atoms. The topological polar surface area (TPSA) is 44.8 Å². The quantitative estimate of drug-likeness (QED) is 0.872. The van der Waals surface area contributed by atoms with Crippen LogP contribution in [0.4, 0.5) is 5.69 Å². The van der Waals surface area contributed by atoms with Crippen LogP contribution in [0.5, 0.6) is 5.75 Å². The van der Waals surface area contributed by atoms with Crippen LogP contribution in [0.25, 0.3) is 0 Å². The molecule has 2 rings (SSSR count). The van der Waals surface area contributed by atoms with Gasteiger partial charge in [0, 0.05) is 31.7 Å². The Bertz CT molecular complexity index is 523. The van der Waals surface area contributed by atoms with E-state index in [1.165, 1.54) is 0 Å². The average Bonchev–Trinajstić information content (AvgIpc) is 2.55. The monoisotopic (exact) mass is 319 g/mol. The van der Waals surface area contributed by atoms with Gasteiger partial charge in [0.05, 0.1) is 19.3 Å². The molecule has 0 radical (unpaired) electrons. The lowest BCUT2D eigenvalue weighted by Gasteiger charge is -2.36. The SMILES string of the molecule is CCC(C)(C)NC(=O)CN1CCN(c2ccccc2OC)CC1. The van der Waals surface area contributed by atoms with E-state index in [9.17, 15) is 4.79 Å². The first kappa shape index (κ1) is 17.6. The highest BCUT2D eigenvalue weighted by molar-refractivity contribution is 5.78. The Labute approximate surface area is 139 Å². The number of hydrogen-bond acceptors (Lipinski definition) is 4. The molecular weight excluding hydrogens is 290 g/mol. The van der Waals surface area contributed by atoms with Crippen LogP contribution < -0.4 is 15.0 Å². The number of carbonyl (C=O) groups excluding carboxylic acids is 1. The van der Waals surface area contributed by atoms with Crippen molar-refractivity contribution in [3.63, 3.8) is 0 Å². The number of anilines is 1. The molecule has 1 N–H and O–H groups in total. The molecule has 1 heterocycles. The van der Waals surface area contributed by atoms with E-state index in [1.807, 2.05) is 18.2 Å². The predicted octanol–water partition coefficient (Wildman–Crippen LogP) is 2.12. The first-order valence-corrected chi connectivity index (χ1v) is 8.36. The molecule has 0 bridgehead atoms. The Balaban J connectivity index is 1.85. The smallest absolute Gasteiger partial charge is 0.234 e. The van der Waals surface area contributed by atoms with Crippen molar-refractivity contribution in [2.45, 2.75) is 32.7 Å². The zero-order valence-corrected chi connectivity index (χ0v) is 14.8. The van der Waals surface area contributed by atoms with Crippen molar-refractivity contribution in [3.05, 3.63) is 24.3 Å². The lowest BCUT2D eigenvalue weighted by atomic mass is 10.0. The molecule has 0 aliphatic carbocycles. The fourth-order valence-corrected chi connectivity index (χ4v) is 2.75. The van der Waals surface area contributed by atoms with E-state index in [2.05, 4.69) is 42.0 Å². The molecule has 128 valence electrons. The lowest BCUT2D eigenvalue weighted by molar-refractivity contribution is -0.123. The number of benzene rings is 1. The van der Waals surface area contributed by atoms with Crippen LogP contribution in [0.2, 0.25) is 0 Å². The van der Waals surface area contributed by atoms with Crippen molar-refractivity contribution in [3.8, 4) is 5.75 Å². The van der Waals surface area contributed by atoms with E-state index in [0.29, 0.717) is 6.54 Å². The summed E-state index contributed by atoms with van der Waals surface area (Å²) in [6, 6.07) is 8.09. The van der Waals surface area contributed by atoms with Gasteiger partial charge in [-0.2, -0.15) is 0 Å². The maximum absolute atomic E-state index is 12.2. The second-order valence-electron chi connectivity index (χ2n) is 6.72. The third kappa shape index (κ3) is 4.86. The maximum Gasteiger partial charge on any atom is 0.234 e. The number of ether oxygens (including phenoxy) is 1. The van der Waals surface area contributed by atoms with E-state index >= 15 is 0 Å². The molecular formula is C18H29N3O2. The second kappa shape index (κ2) is 7.68. The van der Waals surface area contributed by atoms with E-state index in [0.717, 1.165) is 44.0 Å². The Morgan fingerprint density at radius 3 is 2.48 bits per heavy atom. The largest absolute Gasteiger partial charge is 0.495 e. The number of piperazine rings is 1. The van der Waals surface area contributed by atoms with Gasteiger partial charge in [0.15, 0.2) is 0 Å². The minimum atomic E-state index is -0.129. The fraction of sp³-hybridized carbons (Fsp3) is 0.611. The molecule has 0 saturated carbocycles. The number of rotatable bonds is 6. The number of carbonyl (C=O) groups is 1. The Morgan fingerprint density at radius 1 is 1.22 bits per heavy atom. The molecule has 0 spiro atoms. The van der Waals surface area contributed by atoms with Crippen molar-refractivity contribution in [2.24, 2.45) is 0 Å². The molecule has 5 heteroatoms. The fourth-order valence-electron chi connectivity index (χ4n) is 2.75. The van der Waals surface area contributed by atoms with E-state index in [4.69, 9.17) is 4.74 Å². The minimum Gasteiger partial charge on any atom is -0.495 e. The van der Waals surface area contributed by atoms with Crippen LogP contribution >= 0.6 is 0 Å². The maximum atomic E-state index is 12.2. The van der Waals surface area contributed by atoms with Gasteiger partial charge in [0.2, 0.25) is 5.91 Å². The third-order valence-corrected chi connectivity index (χ3v) is 4.53. The summed E-state index contributed by atoms with van der Waals surface area (Å²) in [4.78, 5) is 16.7. The Kier molecular flexibility index (Phi) is 5.88. The van der Waals surface area contributed by atoms with Crippen LogP contribution in [-0.4, -0.2) is 56.2 Å². The van der Waals surface area contributed by atoms with E-state index in [-0.39, 0.29) is 11.4 Å². The molecule has 1 aromatic rings. The molecule has 0 atom stereocenters. The van der Waals surface area contributed by atoms with Gasteiger partial charge < -0.3 is 15.0 Å². The lowest BCUT2D eigenvalue weighted by Crippen LogP contribution is -2.52. The number of nitrogens with zero attached hydrogens (tertiary/aromatic N) is 2. The number of methoxy groups -OCH3 is 1. The molecule has 1 saturated heterocycles. The summed E-state index contributed by atoms with van der Waals surface area (Å²) in [6.07, 6.45) is 0.931. The summed E-state index contributed by atoms with van der Waals surface area (Å²) in [6.45, 7) is 10.3. The van der Waals surface area contributed by atoms with Crippen molar-refractivity contribution >= 4 is 11.6 Å². The van der Waals surface area contributed by atoms with Crippen molar-refractivity contribution < 1.29 is 9.53 Å². The van der Waals surface area contributed by atoms with Gasteiger partial charge in [-0.15, -0.1) is 0 Å². The highest BCUT2D eigenvalue weighted by atomic mass is 16.5. The first-order chi connectivity index (χ1) is 10.9. The summed E-state index contributed by atoms with van der Waals surface area (Å²) in [5, 5.41) is 3.10. The van der Waals surface area contributed by atoms with Crippen LogP contribution in [0, 0.1) is 0 Å². The van der Waals surface area contributed by atoms with E-state index < -0.39 is 0 Å². The Hall–Kier alpha value is -1.75. The predicted molar refractivity (Wildman–Crippen MR) is 94.2 cm³/mol. The summed E-state index contributed by atoms with van der Waals surface area (Å²) >= 11 is 0. The number of hydrogen-bond donors (Lipinski definition) is 1. The molecule has 1 aliphatic rings. The standard InChI is InChI=1S/C18H29N3O2/c1-5-18(2,3)19-17(22)14-20-10-12-21(13-11-20)15-8-6-7-9-16(15)23-4/h6-9H,5,10-14H2,1-4H3,(H,19,22). The van der Waals surface area contributed by atoms with Crippen molar-refractivity contribution in [1.29, 1.82) is 0 Å². The van der Waals surface area contributed by atoms with Gasteiger partial charge in [0.1, 0.15) is 5.75 Å². The average molecular weight is 319 g/mol. The van der Waals surface area contributed by atoms with Crippen LogP contribution in [0.3, 0.4) is 0 Å². The zero-order valence-electron chi connectivity index (χ0n) is 14.8. The molecule has 0 unspecified atom stereocenters. The normalized spacial score (nSPS) is 16.3. The van der Waals surface area contributed by atoms with Crippen LogP contribution in [-0.2, 0) is 4.79 Å². The van der Waals surface area contributed by atoms with Gasteiger partial charge in [-0.1, -0.05) is 19.1 Å². The number of para-hydroxylation sites is 2. The molecule has 1 aliphatic heterocycles. The van der Waals surface area contributed by atoms with Gasteiger partial charge in [-0.3, -0.25) is 9.69 Å². The van der Waals surface area contributed by atoms with Crippen LogP contribution in [0.15, 0.2) is 24.3 Å². The molecule has 1 fully saturated rings. The molecule has 0 aromatic heterocycles. The molecule has 1 aromatic carbocycles.